The number of nitrogen functional groups attached to an aromatic ring is 1. The zero-order valence-electron chi connectivity index (χ0n) is 11.6. The maximum Gasteiger partial charge on any atom is 0.156 e. The van der Waals surface area contributed by atoms with E-state index in [1.807, 2.05) is 42.7 Å². The van der Waals surface area contributed by atoms with Crippen LogP contribution in [-0.4, -0.2) is 14.8 Å². The third-order valence-corrected chi connectivity index (χ3v) is 3.90. The predicted molar refractivity (Wildman–Crippen MR) is 81.9 cm³/mol. The summed E-state index contributed by atoms with van der Waals surface area (Å²) in [6.07, 6.45) is 12.4. The molecule has 0 radical (unpaired) electrons. The Balaban J connectivity index is 1.79. The van der Waals surface area contributed by atoms with Gasteiger partial charge in [-0.15, -0.1) is 10.2 Å². The van der Waals surface area contributed by atoms with Crippen LogP contribution in [0.15, 0.2) is 30.6 Å². The van der Waals surface area contributed by atoms with Gasteiger partial charge in [-0.25, -0.2) is 0 Å². The van der Waals surface area contributed by atoms with Crippen molar-refractivity contribution in [2.45, 2.75) is 38.1 Å². The summed E-state index contributed by atoms with van der Waals surface area (Å²) in [6, 6.07) is 8.40. The molecular formula is C16H20N4. The highest BCUT2D eigenvalue weighted by molar-refractivity contribution is 5.68. The molecule has 1 fully saturated rings. The van der Waals surface area contributed by atoms with E-state index in [9.17, 15) is 0 Å². The van der Waals surface area contributed by atoms with Crippen LogP contribution in [0.25, 0.3) is 12.2 Å². The topological polar surface area (TPSA) is 56.7 Å². The second kappa shape index (κ2) is 5.90. The van der Waals surface area contributed by atoms with Crippen molar-refractivity contribution in [3.8, 4) is 0 Å². The molecule has 1 heterocycles. The number of benzene rings is 1. The monoisotopic (exact) mass is 268 g/mol. The number of aromatic nitrogens is 3. The molecule has 2 aromatic rings. The van der Waals surface area contributed by atoms with Crippen LogP contribution in [0.2, 0.25) is 0 Å². The Morgan fingerprint density at radius 3 is 2.80 bits per heavy atom. The van der Waals surface area contributed by atoms with Crippen LogP contribution in [0.5, 0.6) is 0 Å². The number of hydrogen-bond donors (Lipinski definition) is 1. The predicted octanol–water partition coefficient (Wildman–Crippen LogP) is 3.54. The molecule has 20 heavy (non-hydrogen) atoms. The van der Waals surface area contributed by atoms with Gasteiger partial charge in [-0.2, -0.15) is 0 Å². The van der Waals surface area contributed by atoms with Crippen LogP contribution >= 0.6 is 0 Å². The van der Waals surface area contributed by atoms with Gasteiger partial charge in [0.25, 0.3) is 0 Å². The lowest BCUT2D eigenvalue weighted by molar-refractivity contribution is 0.351. The van der Waals surface area contributed by atoms with Gasteiger partial charge in [-0.1, -0.05) is 37.5 Å². The first-order valence-electron chi connectivity index (χ1n) is 7.26. The Morgan fingerprint density at radius 2 is 2.00 bits per heavy atom. The summed E-state index contributed by atoms with van der Waals surface area (Å²) < 4.78 is 2.21. The van der Waals surface area contributed by atoms with Crippen LogP contribution in [0.3, 0.4) is 0 Å². The van der Waals surface area contributed by atoms with Gasteiger partial charge >= 0.3 is 0 Å². The average molecular weight is 268 g/mol. The van der Waals surface area contributed by atoms with Crippen molar-refractivity contribution in [1.29, 1.82) is 0 Å². The summed E-state index contributed by atoms with van der Waals surface area (Å²) in [5.41, 5.74) is 7.65. The lowest BCUT2D eigenvalue weighted by Crippen LogP contribution is -2.13. The van der Waals surface area contributed by atoms with Crippen molar-refractivity contribution in [1.82, 2.24) is 14.8 Å². The van der Waals surface area contributed by atoms with Crippen LogP contribution in [0, 0.1) is 0 Å². The van der Waals surface area contributed by atoms with Crippen molar-refractivity contribution < 1.29 is 0 Å². The molecule has 0 saturated heterocycles. The number of nitrogens with zero attached hydrogens (tertiary/aromatic N) is 3. The average Bonchev–Trinajstić information content (AvgIpc) is 2.95. The van der Waals surface area contributed by atoms with E-state index in [-0.39, 0.29) is 0 Å². The molecule has 0 bridgehead atoms. The Morgan fingerprint density at radius 1 is 1.15 bits per heavy atom. The molecule has 1 aromatic carbocycles. The molecule has 4 nitrogen and oxygen atoms in total. The highest BCUT2D eigenvalue weighted by atomic mass is 15.3. The highest BCUT2D eigenvalue weighted by Crippen LogP contribution is 2.28. The second-order valence-electron chi connectivity index (χ2n) is 5.39. The van der Waals surface area contributed by atoms with Crippen molar-refractivity contribution in [3.05, 3.63) is 42.0 Å². The molecule has 0 unspecified atom stereocenters. The molecule has 2 N–H and O–H groups in total. The maximum absolute atomic E-state index is 5.79. The summed E-state index contributed by atoms with van der Waals surface area (Å²) in [6.45, 7) is 0. The van der Waals surface area contributed by atoms with Gasteiger partial charge < -0.3 is 10.3 Å². The largest absolute Gasteiger partial charge is 0.399 e. The van der Waals surface area contributed by atoms with E-state index in [0.717, 1.165) is 17.1 Å². The summed E-state index contributed by atoms with van der Waals surface area (Å²) >= 11 is 0. The molecule has 0 atom stereocenters. The Bertz CT molecular complexity index is 594. The second-order valence-corrected chi connectivity index (χ2v) is 5.39. The van der Waals surface area contributed by atoms with Crippen LogP contribution < -0.4 is 5.73 Å². The molecule has 4 heteroatoms. The minimum atomic E-state index is 0.555. The highest BCUT2D eigenvalue weighted by Gasteiger charge is 2.17. The SMILES string of the molecule is Nc1cccc(/C=C/c2nncn2C2CCCCC2)c1. The molecule has 104 valence electrons. The summed E-state index contributed by atoms with van der Waals surface area (Å²) in [4.78, 5) is 0. The van der Waals surface area contributed by atoms with Gasteiger partial charge in [0.15, 0.2) is 5.82 Å². The van der Waals surface area contributed by atoms with Gasteiger partial charge in [-0.3, -0.25) is 0 Å². The van der Waals surface area contributed by atoms with Crippen LogP contribution in [0.4, 0.5) is 5.69 Å². The zero-order valence-corrected chi connectivity index (χ0v) is 11.6. The van der Waals surface area contributed by atoms with Crippen molar-refractivity contribution in [3.63, 3.8) is 0 Å². The van der Waals surface area contributed by atoms with Gasteiger partial charge in [0, 0.05) is 11.7 Å². The summed E-state index contributed by atoms with van der Waals surface area (Å²) in [5, 5.41) is 8.29. The van der Waals surface area contributed by atoms with Gasteiger partial charge in [0.05, 0.1) is 0 Å². The Labute approximate surface area is 119 Å². The van der Waals surface area contributed by atoms with Gasteiger partial charge in [0.1, 0.15) is 6.33 Å². The van der Waals surface area contributed by atoms with E-state index in [1.165, 1.54) is 32.1 Å². The number of anilines is 1. The van der Waals surface area contributed by atoms with Crippen molar-refractivity contribution in [2.24, 2.45) is 0 Å². The van der Waals surface area contributed by atoms with E-state index in [0.29, 0.717) is 6.04 Å². The summed E-state index contributed by atoms with van der Waals surface area (Å²) in [5.74, 6) is 0.930. The van der Waals surface area contributed by atoms with Gasteiger partial charge in [0.2, 0.25) is 0 Å². The van der Waals surface area contributed by atoms with E-state index in [2.05, 4.69) is 14.8 Å². The van der Waals surface area contributed by atoms with E-state index in [4.69, 9.17) is 5.73 Å². The fraction of sp³-hybridized carbons (Fsp3) is 0.375. The standard InChI is InChI=1S/C16H20N4/c17-14-6-4-5-13(11-14)9-10-16-19-18-12-20(16)15-7-2-1-3-8-15/h4-6,9-12,15H,1-3,7-8,17H2/b10-9+. The fourth-order valence-corrected chi connectivity index (χ4v) is 2.84. The first kappa shape index (κ1) is 12.9. The number of rotatable bonds is 3. The fourth-order valence-electron chi connectivity index (χ4n) is 2.84. The zero-order chi connectivity index (χ0) is 13.8. The van der Waals surface area contributed by atoms with E-state index in [1.54, 1.807) is 0 Å². The van der Waals surface area contributed by atoms with Gasteiger partial charge in [-0.05, 0) is 36.6 Å². The molecule has 0 amide bonds. The first-order chi connectivity index (χ1) is 9.83. The molecule has 1 saturated carbocycles. The smallest absolute Gasteiger partial charge is 0.156 e. The lowest BCUT2D eigenvalue weighted by Gasteiger charge is -2.23. The minimum absolute atomic E-state index is 0.555. The molecule has 0 spiro atoms. The third-order valence-electron chi connectivity index (χ3n) is 3.90. The molecular weight excluding hydrogens is 248 g/mol. The maximum atomic E-state index is 5.79. The normalized spacial score (nSPS) is 16.8. The van der Waals surface area contributed by atoms with E-state index < -0.39 is 0 Å². The third kappa shape index (κ3) is 2.90. The quantitative estimate of drug-likeness (QED) is 0.866. The van der Waals surface area contributed by atoms with Crippen LogP contribution in [0.1, 0.15) is 49.5 Å². The molecule has 3 rings (SSSR count). The molecule has 1 aliphatic carbocycles. The van der Waals surface area contributed by atoms with E-state index >= 15 is 0 Å². The first-order valence-corrected chi connectivity index (χ1v) is 7.26. The summed E-state index contributed by atoms with van der Waals surface area (Å²) in [7, 11) is 0. The minimum Gasteiger partial charge on any atom is -0.399 e. The molecule has 0 aliphatic heterocycles. The number of hydrogen-bond acceptors (Lipinski definition) is 3. The van der Waals surface area contributed by atoms with Crippen molar-refractivity contribution >= 4 is 17.8 Å². The van der Waals surface area contributed by atoms with Crippen molar-refractivity contribution in [2.75, 3.05) is 5.73 Å². The molecule has 1 aliphatic rings. The number of nitrogens with two attached hydrogens (primary N) is 1. The Hall–Kier alpha value is -2.10. The molecule has 1 aromatic heterocycles. The van der Waals surface area contributed by atoms with Crippen LogP contribution in [-0.2, 0) is 0 Å². The lowest BCUT2D eigenvalue weighted by atomic mass is 9.95. The Kier molecular flexibility index (Phi) is 3.81.